The lowest BCUT2D eigenvalue weighted by molar-refractivity contribution is -0.117. The van der Waals surface area contributed by atoms with E-state index in [0.717, 1.165) is 22.6 Å². The van der Waals surface area contributed by atoms with E-state index in [-0.39, 0.29) is 11.8 Å². The van der Waals surface area contributed by atoms with E-state index in [0.29, 0.717) is 31.3 Å². The van der Waals surface area contributed by atoms with Crippen LogP contribution in [0.4, 0.5) is 5.69 Å². The normalized spacial score (nSPS) is 16.7. The zero-order valence-corrected chi connectivity index (χ0v) is 15.4. The van der Waals surface area contributed by atoms with Crippen molar-refractivity contribution in [3.05, 3.63) is 60.0 Å². The van der Waals surface area contributed by atoms with Crippen molar-refractivity contribution < 1.29 is 14.1 Å². The van der Waals surface area contributed by atoms with Gasteiger partial charge in [0.15, 0.2) is 0 Å². The first-order chi connectivity index (χ1) is 13.2. The standard InChI is InChI=1S/C21H21N3O3/c1-3-26-18-7-5-4-6-17(18)20-22-21(27-23-20)15-12-19(25)24(13-15)16-10-8-14(2)9-11-16/h4-11,15H,3,12-13H2,1-2H3. The first kappa shape index (κ1) is 17.3. The van der Waals surface area contributed by atoms with Gasteiger partial charge >= 0.3 is 0 Å². The molecule has 0 N–H and O–H groups in total. The van der Waals surface area contributed by atoms with Crippen LogP contribution in [-0.4, -0.2) is 29.2 Å². The van der Waals surface area contributed by atoms with Crippen molar-refractivity contribution in [2.75, 3.05) is 18.1 Å². The number of aromatic nitrogens is 2. The molecule has 4 rings (SSSR count). The number of nitrogens with zero attached hydrogens (tertiary/aromatic N) is 3. The Morgan fingerprint density at radius 2 is 1.96 bits per heavy atom. The van der Waals surface area contributed by atoms with Gasteiger partial charge in [-0.1, -0.05) is 35.0 Å². The zero-order chi connectivity index (χ0) is 18.8. The molecule has 2 aromatic carbocycles. The average molecular weight is 363 g/mol. The Hall–Kier alpha value is -3.15. The van der Waals surface area contributed by atoms with Crippen LogP contribution >= 0.6 is 0 Å². The number of ether oxygens (including phenoxy) is 1. The molecule has 1 fully saturated rings. The number of benzene rings is 2. The molecule has 1 aromatic heterocycles. The molecule has 3 aromatic rings. The number of rotatable bonds is 5. The molecule has 2 heterocycles. The van der Waals surface area contributed by atoms with E-state index in [4.69, 9.17) is 9.26 Å². The van der Waals surface area contributed by atoms with Crippen molar-refractivity contribution in [3.63, 3.8) is 0 Å². The lowest BCUT2D eigenvalue weighted by Crippen LogP contribution is -2.24. The molecule has 1 amide bonds. The first-order valence-electron chi connectivity index (χ1n) is 9.08. The monoisotopic (exact) mass is 363 g/mol. The second-order valence-electron chi connectivity index (χ2n) is 6.63. The first-order valence-corrected chi connectivity index (χ1v) is 9.08. The van der Waals surface area contributed by atoms with Crippen LogP contribution in [0.15, 0.2) is 53.1 Å². The number of hydrogen-bond donors (Lipinski definition) is 0. The predicted molar refractivity (Wildman–Crippen MR) is 102 cm³/mol. The minimum absolute atomic E-state index is 0.0679. The SMILES string of the molecule is CCOc1ccccc1-c1noc(C2CC(=O)N(c3ccc(C)cc3)C2)n1. The Balaban J connectivity index is 1.56. The van der Waals surface area contributed by atoms with Gasteiger partial charge in [0.25, 0.3) is 0 Å². The van der Waals surface area contributed by atoms with E-state index in [1.807, 2.05) is 62.4 Å². The number of amides is 1. The van der Waals surface area contributed by atoms with Gasteiger partial charge in [-0.25, -0.2) is 0 Å². The largest absolute Gasteiger partial charge is 0.493 e. The Morgan fingerprint density at radius 3 is 2.74 bits per heavy atom. The van der Waals surface area contributed by atoms with Gasteiger partial charge in [-0.15, -0.1) is 0 Å². The summed E-state index contributed by atoms with van der Waals surface area (Å²) in [7, 11) is 0. The fourth-order valence-electron chi connectivity index (χ4n) is 3.29. The highest BCUT2D eigenvalue weighted by Gasteiger charge is 2.35. The molecule has 1 aliphatic rings. The van der Waals surface area contributed by atoms with Crippen molar-refractivity contribution in [1.82, 2.24) is 10.1 Å². The summed E-state index contributed by atoms with van der Waals surface area (Å²) >= 11 is 0. The maximum absolute atomic E-state index is 12.5. The molecular weight excluding hydrogens is 342 g/mol. The lowest BCUT2D eigenvalue weighted by atomic mass is 10.1. The summed E-state index contributed by atoms with van der Waals surface area (Å²) in [5, 5.41) is 4.11. The molecule has 1 unspecified atom stereocenters. The van der Waals surface area contributed by atoms with E-state index < -0.39 is 0 Å². The van der Waals surface area contributed by atoms with E-state index in [1.165, 1.54) is 0 Å². The Bertz CT molecular complexity index is 949. The van der Waals surface area contributed by atoms with Crippen LogP contribution in [0.2, 0.25) is 0 Å². The van der Waals surface area contributed by atoms with Gasteiger partial charge in [0.1, 0.15) is 5.75 Å². The average Bonchev–Trinajstić information content (AvgIpc) is 3.30. The van der Waals surface area contributed by atoms with Gasteiger partial charge < -0.3 is 14.2 Å². The summed E-state index contributed by atoms with van der Waals surface area (Å²) < 4.78 is 11.1. The van der Waals surface area contributed by atoms with Crippen molar-refractivity contribution in [2.45, 2.75) is 26.2 Å². The Kier molecular flexibility index (Phi) is 4.62. The minimum atomic E-state index is -0.112. The second kappa shape index (κ2) is 7.23. The third-order valence-corrected chi connectivity index (χ3v) is 4.69. The van der Waals surface area contributed by atoms with Crippen molar-refractivity contribution in [3.8, 4) is 17.1 Å². The molecule has 27 heavy (non-hydrogen) atoms. The van der Waals surface area contributed by atoms with Gasteiger partial charge in [-0.05, 0) is 38.1 Å². The highest BCUT2D eigenvalue weighted by atomic mass is 16.5. The Morgan fingerprint density at radius 1 is 1.19 bits per heavy atom. The molecule has 0 spiro atoms. The van der Waals surface area contributed by atoms with E-state index >= 15 is 0 Å². The van der Waals surface area contributed by atoms with Gasteiger partial charge in [0.2, 0.25) is 17.6 Å². The summed E-state index contributed by atoms with van der Waals surface area (Å²) in [6, 6.07) is 15.5. The maximum Gasteiger partial charge on any atom is 0.232 e. The van der Waals surface area contributed by atoms with Crippen LogP contribution in [-0.2, 0) is 4.79 Å². The smallest absolute Gasteiger partial charge is 0.232 e. The number of aryl methyl sites for hydroxylation is 1. The Labute approximate surface area is 157 Å². The lowest BCUT2D eigenvalue weighted by Gasteiger charge is -2.16. The summed E-state index contributed by atoms with van der Waals surface area (Å²) in [6.07, 6.45) is 0.364. The van der Waals surface area contributed by atoms with E-state index in [2.05, 4.69) is 10.1 Å². The van der Waals surface area contributed by atoms with Crippen molar-refractivity contribution >= 4 is 11.6 Å². The van der Waals surface area contributed by atoms with Crippen LogP contribution in [0.25, 0.3) is 11.4 Å². The third-order valence-electron chi connectivity index (χ3n) is 4.69. The molecule has 1 atom stereocenters. The second-order valence-corrected chi connectivity index (χ2v) is 6.63. The number of hydrogen-bond acceptors (Lipinski definition) is 5. The van der Waals surface area contributed by atoms with Gasteiger partial charge in [-0.3, -0.25) is 4.79 Å². The molecule has 138 valence electrons. The van der Waals surface area contributed by atoms with Crippen LogP contribution in [0.1, 0.15) is 30.7 Å². The summed E-state index contributed by atoms with van der Waals surface area (Å²) in [5.41, 5.74) is 2.85. The van der Waals surface area contributed by atoms with Crippen molar-refractivity contribution in [1.29, 1.82) is 0 Å². The number of carbonyl (C=O) groups is 1. The van der Waals surface area contributed by atoms with E-state index in [9.17, 15) is 4.79 Å². The van der Waals surface area contributed by atoms with Crippen LogP contribution in [0.5, 0.6) is 5.75 Å². The quantitative estimate of drug-likeness (QED) is 0.686. The molecule has 1 saturated heterocycles. The van der Waals surface area contributed by atoms with Crippen LogP contribution < -0.4 is 9.64 Å². The molecule has 6 heteroatoms. The molecular formula is C21H21N3O3. The molecule has 6 nitrogen and oxygen atoms in total. The minimum Gasteiger partial charge on any atom is -0.493 e. The molecule has 0 bridgehead atoms. The number of para-hydroxylation sites is 1. The van der Waals surface area contributed by atoms with Crippen molar-refractivity contribution in [2.24, 2.45) is 0 Å². The zero-order valence-electron chi connectivity index (χ0n) is 15.4. The topological polar surface area (TPSA) is 68.5 Å². The number of carbonyl (C=O) groups excluding carboxylic acids is 1. The third kappa shape index (κ3) is 3.43. The molecule has 1 aliphatic heterocycles. The molecule has 0 saturated carbocycles. The molecule has 0 aliphatic carbocycles. The van der Waals surface area contributed by atoms with Crippen LogP contribution in [0.3, 0.4) is 0 Å². The molecule has 0 radical (unpaired) electrons. The highest BCUT2D eigenvalue weighted by molar-refractivity contribution is 5.96. The van der Waals surface area contributed by atoms with Crippen LogP contribution in [0, 0.1) is 6.92 Å². The fourth-order valence-corrected chi connectivity index (χ4v) is 3.29. The summed E-state index contributed by atoms with van der Waals surface area (Å²) in [4.78, 5) is 18.8. The summed E-state index contributed by atoms with van der Waals surface area (Å²) in [5.74, 6) is 1.64. The maximum atomic E-state index is 12.5. The summed E-state index contributed by atoms with van der Waals surface area (Å²) in [6.45, 7) is 5.06. The van der Waals surface area contributed by atoms with Gasteiger partial charge in [-0.2, -0.15) is 4.98 Å². The van der Waals surface area contributed by atoms with Gasteiger partial charge in [0.05, 0.1) is 18.1 Å². The predicted octanol–water partition coefficient (Wildman–Crippen LogP) is 3.96. The van der Waals surface area contributed by atoms with Gasteiger partial charge in [0, 0.05) is 18.7 Å². The van der Waals surface area contributed by atoms with E-state index in [1.54, 1.807) is 4.90 Å². The fraction of sp³-hybridized carbons (Fsp3) is 0.286. The highest BCUT2D eigenvalue weighted by Crippen LogP contribution is 2.33. The number of anilines is 1.